The van der Waals surface area contributed by atoms with Gasteiger partial charge in [-0.25, -0.2) is 9.97 Å². The van der Waals surface area contributed by atoms with Crippen molar-refractivity contribution in [2.45, 2.75) is 52.4 Å². The zero-order valence-corrected chi connectivity index (χ0v) is 30.0. The molecule has 0 saturated carbocycles. The van der Waals surface area contributed by atoms with Gasteiger partial charge in [-0.05, 0) is 99.5 Å². The molecular weight excluding hydrogens is 649 g/mol. The number of nitrogens with one attached hydrogen (secondary N) is 2. The molecular formula is C44H46N4O4. The molecule has 0 radical (unpaired) electrons. The fourth-order valence-corrected chi connectivity index (χ4v) is 6.35. The molecule has 8 heteroatoms. The van der Waals surface area contributed by atoms with E-state index >= 15 is 0 Å². The molecule has 6 rings (SSSR count). The monoisotopic (exact) mass is 694 g/mol. The first kappa shape index (κ1) is 36.0. The molecule has 0 atom stereocenters. The van der Waals surface area contributed by atoms with E-state index in [0.29, 0.717) is 37.4 Å². The van der Waals surface area contributed by atoms with Gasteiger partial charge in [0.05, 0.1) is 46.8 Å². The van der Waals surface area contributed by atoms with E-state index in [4.69, 9.17) is 19.4 Å². The largest absolute Gasteiger partial charge is 0.494 e. The maximum absolute atomic E-state index is 13.3. The van der Waals surface area contributed by atoms with Gasteiger partial charge in [-0.2, -0.15) is 0 Å². The van der Waals surface area contributed by atoms with Crippen molar-refractivity contribution in [1.82, 2.24) is 20.6 Å². The van der Waals surface area contributed by atoms with E-state index in [2.05, 4.69) is 10.6 Å². The molecule has 2 amide bonds. The van der Waals surface area contributed by atoms with Gasteiger partial charge in [0.25, 0.3) is 11.8 Å². The van der Waals surface area contributed by atoms with Crippen molar-refractivity contribution in [3.8, 4) is 34.0 Å². The Hall–Kier alpha value is -5.76. The van der Waals surface area contributed by atoms with E-state index in [0.717, 1.165) is 94.3 Å². The lowest BCUT2D eigenvalue weighted by Crippen LogP contribution is -2.25. The third kappa shape index (κ3) is 9.12. The van der Waals surface area contributed by atoms with Crippen LogP contribution in [0.2, 0.25) is 0 Å². The first-order chi connectivity index (χ1) is 25.5. The van der Waals surface area contributed by atoms with Crippen LogP contribution in [0.1, 0.15) is 73.1 Å². The predicted molar refractivity (Wildman–Crippen MR) is 209 cm³/mol. The van der Waals surface area contributed by atoms with Crippen molar-refractivity contribution in [3.63, 3.8) is 0 Å². The SMILES string of the molecule is CCOc1ccc(-c2cc(C(=O)NCCCCCCCCNC(=O)c3cc(-c4ccc(OCC)cc4)nc4ccccc34)c3ccccc3n2)cc1. The second-order valence-corrected chi connectivity index (χ2v) is 12.7. The molecule has 0 saturated heterocycles. The summed E-state index contributed by atoms with van der Waals surface area (Å²) < 4.78 is 11.2. The van der Waals surface area contributed by atoms with E-state index in [9.17, 15) is 9.59 Å². The van der Waals surface area contributed by atoms with Crippen LogP contribution in [0, 0.1) is 0 Å². The van der Waals surface area contributed by atoms with Gasteiger partial charge in [-0.3, -0.25) is 9.59 Å². The van der Waals surface area contributed by atoms with Gasteiger partial charge in [0.2, 0.25) is 0 Å². The molecule has 2 N–H and O–H groups in total. The lowest BCUT2D eigenvalue weighted by atomic mass is 10.0. The smallest absolute Gasteiger partial charge is 0.252 e. The van der Waals surface area contributed by atoms with Crippen LogP contribution in [0.25, 0.3) is 44.3 Å². The summed E-state index contributed by atoms with van der Waals surface area (Å²) in [6, 6.07) is 34.9. The Morgan fingerprint density at radius 3 is 1.31 bits per heavy atom. The predicted octanol–water partition coefficient (Wildman–Crippen LogP) is 9.41. The summed E-state index contributed by atoms with van der Waals surface area (Å²) in [5, 5.41) is 7.93. The van der Waals surface area contributed by atoms with Crippen molar-refractivity contribution in [3.05, 3.63) is 120 Å². The minimum Gasteiger partial charge on any atom is -0.494 e. The van der Waals surface area contributed by atoms with E-state index in [1.165, 1.54) is 0 Å². The molecule has 0 aliphatic heterocycles. The summed E-state index contributed by atoms with van der Waals surface area (Å²) in [6.07, 6.45) is 6.01. The summed E-state index contributed by atoms with van der Waals surface area (Å²) in [4.78, 5) is 36.3. The summed E-state index contributed by atoms with van der Waals surface area (Å²) >= 11 is 0. The topological polar surface area (TPSA) is 102 Å². The van der Waals surface area contributed by atoms with Crippen molar-refractivity contribution in [2.24, 2.45) is 0 Å². The minimum atomic E-state index is -0.0879. The zero-order valence-electron chi connectivity index (χ0n) is 30.0. The van der Waals surface area contributed by atoms with Crippen LogP contribution in [0.5, 0.6) is 11.5 Å². The lowest BCUT2D eigenvalue weighted by molar-refractivity contribution is 0.0946. The fourth-order valence-electron chi connectivity index (χ4n) is 6.35. The highest BCUT2D eigenvalue weighted by molar-refractivity contribution is 6.08. The Balaban J connectivity index is 0.940. The number of nitrogens with zero attached hydrogens (tertiary/aromatic N) is 2. The van der Waals surface area contributed by atoms with Crippen LogP contribution in [0.4, 0.5) is 0 Å². The third-order valence-electron chi connectivity index (χ3n) is 9.02. The Bertz CT molecular complexity index is 1960. The van der Waals surface area contributed by atoms with Gasteiger partial charge in [0.15, 0.2) is 0 Å². The highest BCUT2D eigenvalue weighted by atomic mass is 16.5. The Morgan fingerprint density at radius 2 is 0.904 bits per heavy atom. The summed E-state index contributed by atoms with van der Waals surface area (Å²) in [6.45, 7) is 6.36. The molecule has 52 heavy (non-hydrogen) atoms. The average molecular weight is 695 g/mol. The van der Waals surface area contributed by atoms with Gasteiger partial charge in [-0.1, -0.05) is 62.1 Å². The molecule has 266 valence electrons. The quantitative estimate of drug-likeness (QED) is 0.0923. The normalized spacial score (nSPS) is 11.0. The number of pyridine rings is 2. The van der Waals surface area contributed by atoms with E-state index < -0.39 is 0 Å². The highest BCUT2D eigenvalue weighted by Gasteiger charge is 2.15. The molecule has 0 unspecified atom stereocenters. The minimum absolute atomic E-state index is 0.0879. The second kappa shape index (κ2) is 17.9. The van der Waals surface area contributed by atoms with Crippen LogP contribution < -0.4 is 20.1 Å². The van der Waals surface area contributed by atoms with Crippen LogP contribution in [0.3, 0.4) is 0 Å². The number of fused-ring (bicyclic) bond motifs is 2. The van der Waals surface area contributed by atoms with Crippen LogP contribution in [-0.2, 0) is 0 Å². The molecule has 0 bridgehead atoms. The van der Waals surface area contributed by atoms with E-state index in [1.807, 2.05) is 123 Å². The Morgan fingerprint density at radius 1 is 0.519 bits per heavy atom. The van der Waals surface area contributed by atoms with Crippen LogP contribution >= 0.6 is 0 Å². The molecule has 0 aliphatic rings. The van der Waals surface area contributed by atoms with E-state index in [1.54, 1.807) is 0 Å². The summed E-state index contributed by atoms with van der Waals surface area (Å²) in [5.41, 5.74) is 6.21. The van der Waals surface area contributed by atoms with Gasteiger partial charge < -0.3 is 20.1 Å². The average Bonchev–Trinajstić information content (AvgIpc) is 3.18. The first-order valence-electron chi connectivity index (χ1n) is 18.4. The molecule has 4 aromatic carbocycles. The van der Waals surface area contributed by atoms with Crippen molar-refractivity contribution >= 4 is 33.6 Å². The van der Waals surface area contributed by atoms with Gasteiger partial charge >= 0.3 is 0 Å². The molecule has 0 fully saturated rings. The van der Waals surface area contributed by atoms with Gasteiger partial charge in [0.1, 0.15) is 11.5 Å². The molecule has 2 aromatic heterocycles. The van der Waals surface area contributed by atoms with Crippen molar-refractivity contribution in [2.75, 3.05) is 26.3 Å². The molecule has 0 spiro atoms. The number of hydrogen-bond donors (Lipinski definition) is 2. The number of aromatic nitrogens is 2. The third-order valence-corrected chi connectivity index (χ3v) is 9.02. The molecule has 0 aliphatic carbocycles. The lowest BCUT2D eigenvalue weighted by Gasteiger charge is -2.12. The number of para-hydroxylation sites is 2. The Labute approximate surface area is 305 Å². The number of ether oxygens (including phenoxy) is 2. The van der Waals surface area contributed by atoms with E-state index in [-0.39, 0.29) is 11.8 Å². The zero-order chi connectivity index (χ0) is 36.1. The van der Waals surface area contributed by atoms with Crippen molar-refractivity contribution in [1.29, 1.82) is 0 Å². The number of amides is 2. The molecule has 2 heterocycles. The van der Waals surface area contributed by atoms with Crippen molar-refractivity contribution < 1.29 is 19.1 Å². The number of carbonyl (C=O) groups excluding carboxylic acids is 2. The Kier molecular flexibility index (Phi) is 12.4. The fraction of sp³-hybridized carbons (Fsp3) is 0.273. The van der Waals surface area contributed by atoms with Crippen LogP contribution in [-0.4, -0.2) is 48.1 Å². The number of rotatable bonds is 17. The van der Waals surface area contributed by atoms with Gasteiger partial charge in [-0.15, -0.1) is 0 Å². The summed E-state index contributed by atoms with van der Waals surface area (Å²) in [5.74, 6) is 1.44. The maximum atomic E-state index is 13.3. The molecule has 6 aromatic rings. The number of unbranched alkanes of at least 4 members (excludes halogenated alkanes) is 5. The molecule has 8 nitrogen and oxygen atoms in total. The van der Waals surface area contributed by atoms with Gasteiger partial charge in [0, 0.05) is 35.0 Å². The highest BCUT2D eigenvalue weighted by Crippen LogP contribution is 2.28. The van der Waals surface area contributed by atoms with Crippen LogP contribution in [0.15, 0.2) is 109 Å². The first-order valence-corrected chi connectivity index (χ1v) is 18.4. The number of benzene rings is 4. The maximum Gasteiger partial charge on any atom is 0.252 e. The number of carbonyl (C=O) groups is 2. The number of hydrogen-bond acceptors (Lipinski definition) is 6. The summed E-state index contributed by atoms with van der Waals surface area (Å²) in [7, 11) is 0. The second-order valence-electron chi connectivity index (χ2n) is 12.7. The standard InChI is InChI=1S/C44H46N4O4/c1-3-51-33-23-19-31(20-24-33)41-29-37(35-15-9-11-17-39(35)47-41)43(49)45-27-13-7-5-6-8-14-28-46-44(50)38-30-42(48-40-18-12-10-16-36(38)40)32-21-25-34(26-22-32)52-4-2/h9-12,15-26,29-30H,3-8,13-14,27-28H2,1-2H3,(H,45,49)(H,46,50).